The van der Waals surface area contributed by atoms with Crippen LogP contribution in [0.1, 0.15) is 37.1 Å². The van der Waals surface area contributed by atoms with Gasteiger partial charge in [0.1, 0.15) is 5.82 Å². The number of fused-ring (bicyclic) bond motifs is 2. The Balaban J connectivity index is 1.38. The molecule has 1 fully saturated rings. The van der Waals surface area contributed by atoms with Crippen molar-refractivity contribution in [2.75, 3.05) is 5.32 Å². The van der Waals surface area contributed by atoms with Crippen molar-refractivity contribution in [3.8, 4) is 0 Å². The highest BCUT2D eigenvalue weighted by molar-refractivity contribution is 5.94. The molecule has 0 atom stereocenters. The first-order chi connectivity index (χ1) is 13.3. The van der Waals surface area contributed by atoms with E-state index in [0.29, 0.717) is 0 Å². The fourth-order valence-electron chi connectivity index (χ4n) is 4.11. The molecule has 27 heavy (non-hydrogen) atoms. The predicted octanol–water partition coefficient (Wildman–Crippen LogP) is 4.76. The molecule has 2 aromatic carbocycles. The predicted molar refractivity (Wildman–Crippen MR) is 108 cm³/mol. The molecule has 5 heteroatoms. The van der Waals surface area contributed by atoms with Crippen LogP contribution in [-0.2, 0) is 11.2 Å². The molecule has 136 valence electrons. The lowest BCUT2D eigenvalue weighted by molar-refractivity contribution is -0.119. The van der Waals surface area contributed by atoms with Crippen LogP contribution in [-0.4, -0.2) is 20.9 Å². The first kappa shape index (κ1) is 16.1. The second-order valence-electron chi connectivity index (χ2n) is 7.42. The molecule has 2 aromatic heterocycles. The lowest BCUT2D eigenvalue weighted by atomic mass is 10.1. The first-order valence-electron chi connectivity index (χ1n) is 9.61. The number of imidazole rings is 1. The summed E-state index contributed by atoms with van der Waals surface area (Å²) in [6, 6.07) is 14.2. The number of hydrogen-bond donors (Lipinski definition) is 3. The van der Waals surface area contributed by atoms with E-state index in [0.717, 1.165) is 60.2 Å². The zero-order valence-corrected chi connectivity index (χ0v) is 15.1. The minimum atomic E-state index is 0.144. The van der Waals surface area contributed by atoms with Crippen LogP contribution in [0.4, 0.5) is 5.69 Å². The molecule has 4 aromatic rings. The Bertz CT molecular complexity index is 1120. The number of carbonyl (C=O) groups is 1. The molecule has 0 bridgehead atoms. The smallest absolute Gasteiger partial charge is 0.227 e. The van der Waals surface area contributed by atoms with E-state index in [1.165, 1.54) is 10.9 Å². The topological polar surface area (TPSA) is 73.6 Å². The van der Waals surface area contributed by atoms with E-state index in [1.54, 1.807) is 0 Å². The third-order valence-electron chi connectivity index (χ3n) is 5.56. The summed E-state index contributed by atoms with van der Waals surface area (Å²) in [6.07, 6.45) is 7.12. The van der Waals surface area contributed by atoms with Gasteiger partial charge in [-0.1, -0.05) is 31.0 Å². The van der Waals surface area contributed by atoms with Crippen molar-refractivity contribution in [2.45, 2.75) is 32.1 Å². The average Bonchev–Trinajstić information content (AvgIpc) is 3.41. The van der Waals surface area contributed by atoms with Crippen LogP contribution < -0.4 is 5.32 Å². The van der Waals surface area contributed by atoms with Crippen molar-refractivity contribution in [1.29, 1.82) is 0 Å². The number of hydrogen-bond acceptors (Lipinski definition) is 2. The summed E-state index contributed by atoms with van der Waals surface area (Å²) in [7, 11) is 0. The number of amides is 1. The second-order valence-corrected chi connectivity index (χ2v) is 7.42. The van der Waals surface area contributed by atoms with Crippen LogP contribution in [0.25, 0.3) is 21.9 Å². The fraction of sp³-hybridized carbons (Fsp3) is 0.273. The largest absolute Gasteiger partial charge is 0.361 e. The van der Waals surface area contributed by atoms with Crippen LogP contribution >= 0.6 is 0 Å². The molecule has 5 nitrogen and oxygen atoms in total. The van der Waals surface area contributed by atoms with E-state index in [4.69, 9.17) is 4.98 Å². The number of benzene rings is 2. The van der Waals surface area contributed by atoms with E-state index in [2.05, 4.69) is 33.5 Å². The molecule has 3 N–H and O–H groups in total. The minimum Gasteiger partial charge on any atom is -0.361 e. The molecule has 0 spiro atoms. The Morgan fingerprint density at radius 3 is 2.85 bits per heavy atom. The van der Waals surface area contributed by atoms with Gasteiger partial charge in [0, 0.05) is 35.1 Å². The maximum atomic E-state index is 12.4. The minimum absolute atomic E-state index is 0.144. The number of rotatable bonds is 4. The van der Waals surface area contributed by atoms with Gasteiger partial charge in [0.15, 0.2) is 0 Å². The van der Waals surface area contributed by atoms with Gasteiger partial charge in [0.25, 0.3) is 0 Å². The summed E-state index contributed by atoms with van der Waals surface area (Å²) in [4.78, 5) is 23.8. The molecule has 0 aliphatic heterocycles. The maximum absolute atomic E-state index is 12.4. The Kier molecular flexibility index (Phi) is 3.93. The molecule has 5 rings (SSSR count). The van der Waals surface area contributed by atoms with Crippen LogP contribution in [0.2, 0.25) is 0 Å². The lowest BCUT2D eigenvalue weighted by Crippen LogP contribution is -2.20. The van der Waals surface area contributed by atoms with Gasteiger partial charge in [-0.2, -0.15) is 0 Å². The van der Waals surface area contributed by atoms with Gasteiger partial charge < -0.3 is 15.3 Å². The Morgan fingerprint density at radius 2 is 1.96 bits per heavy atom. The van der Waals surface area contributed by atoms with Gasteiger partial charge in [0.05, 0.1) is 11.0 Å². The highest BCUT2D eigenvalue weighted by Crippen LogP contribution is 2.27. The normalized spacial score (nSPS) is 15.0. The van der Waals surface area contributed by atoms with Crippen LogP contribution in [0, 0.1) is 5.92 Å². The summed E-state index contributed by atoms with van der Waals surface area (Å²) in [5.74, 6) is 1.24. The van der Waals surface area contributed by atoms with Crippen molar-refractivity contribution in [1.82, 2.24) is 15.0 Å². The van der Waals surface area contributed by atoms with Crippen molar-refractivity contribution >= 4 is 33.5 Å². The second kappa shape index (κ2) is 6.58. The molecule has 1 saturated carbocycles. The highest BCUT2D eigenvalue weighted by Gasteiger charge is 2.22. The summed E-state index contributed by atoms with van der Waals surface area (Å²) >= 11 is 0. The molecule has 0 unspecified atom stereocenters. The van der Waals surface area contributed by atoms with Crippen LogP contribution in [0.3, 0.4) is 0 Å². The standard InChI is InChI=1S/C22H22N4O/c27-22(14-5-1-2-6-14)24-16-9-10-19-20(12-16)26-21(25-19)11-15-13-23-18-8-4-3-7-17(15)18/h3-4,7-10,12-14,23H,1-2,5-6,11H2,(H,24,27)(H,25,26). The van der Waals surface area contributed by atoms with Crippen molar-refractivity contribution in [2.24, 2.45) is 5.92 Å². The number of carbonyl (C=O) groups excluding carboxylic acids is 1. The molecule has 0 radical (unpaired) electrons. The number of anilines is 1. The van der Waals surface area contributed by atoms with Gasteiger partial charge >= 0.3 is 0 Å². The molecule has 1 amide bonds. The molecule has 0 saturated heterocycles. The molecule has 1 aliphatic rings. The van der Waals surface area contributed by atoms with E-state index in [-0.39, 0.29) is 11.8 Å². The number of aromatic amines is 2. The van der Waals surface area contributed by atoms with Crippen molar-refractivity contribution in [3.05, 3.63) is 60.0 Å². The molecular weight excluding hydrogens is 336 g/mol. The van der Waals surface area contributed by atoms with Gasteiger partial charge in [-0.15, -0.1) is 0 Å². The summed E-state index contributed by atoms with van der Waals surface area (Å²) in [5, 5.41) is 4.29. The van der Waals surface area contributed by atoms with Crippen LogP contribution in [0.15, 0.2) is 48.7 Å². The van der Waals surface area contributed by atoms with Crippen LogP contribution in [0.5, 0.6) is 0 Å². The third kappa shape index (κ3) is 3.10. The van der Waals surface area contributed by atoms with E-state index < -0.39 is 0 Å². The molecule has 2 heterocycles. The fourth-order valence-corrected chi connectivity index (χ4v) is 4.11. The van der Waals surface area contributed by atoms with Crippen molar-refractivity contribution < 1.29 is 4.79 Å². The van der Waals surface area contributed by atoms with Gasteiger partial charge in [0.2, 0.25) is 5.91 Å². The summed E-state index contributed by atoms with van der Waals surface area (Å²) < 4.78 is 0. The zero-order chi connectivity index (χ0) is 18.2. The number of nitrogens with one attached hydrogen (secondary N) is 3. The maximum Gasteiger partial charge on any atom is 0.227 e. The highest BCUT2D eigenvalue weighted by atomic mass is 16.1. The third-order valence-corrected chi connectivity index (χ3v) is 5.56. The van der Waals surface area contributed by atoms with Gasteiger partial charge in [-0.05, 0) is 42.7 Å². The number of H-pyrrole nitrogens is 2. The number of para-hydroxylation sites is 1. The molecular formula is C22H22N4O. The number of aromatic nitrogens is 3. The van der Waals surface area contributed by atoms with Gasteiger partial charge in [-0.25, -0.2) is 4.98 Å². The zero-order valence-electron chi connectivity index (χ0n) is 15.1. The Labute approximate surface area is 157 Å². The van der Waals surface area contributed by atoms with E-state index in [9.17, 15) is 4.79 Å². The van der Waals surface area contributed by atoms with Crippen molar-refractivity contribution in [3.63, 3.8) is 0 Å². The van der Waals surface area contributed by atoms with Gasteiger partial charge in [-0.3, -0.25) is 4.79 Å². The monoisotopic (exact) mass is 358 g/mol. The molecule has 1 aliphatic carbocycles. The lowest BCUT2D eigenvalue weighted by Gasteiger charge is -2.10. The first-order valence-corrected chi connectivity index (χ1v) is 9.61. The SMILES string of the molecule is O=C(Nc1ccc2nc(Cc3c[nH]c4ccccc34)[nH]c2c1)C1CCCC1. The quantitative estimate of drug-likeness (QED) is 0.492. The van der Waals surface area contributed by atoms with E-state index in [1.807, 2.05) is 30.5 Å². The summed E-state index contributed by atoms with van der Waals surface area (Å²) in [6.45, 7) is 0. The average molecular weight is 358 g/mol. The summed E-state index contributed by atoms with van der Waals surface area (Å²) in [5.41, 5.74) is 5.07. The Hall–Kier alpha value is -3.08. The Morgan fingerprint density at radius 1 is 1.11 bits per heavy atom. The van der Waals surface area contributed by atoms with E-state index >= 15 is 0 Å². The number of nitrogens with zero attached hydrogens (tertiary/aromatic N) is 1.